The molecule has 9 aliphatic rings. The second-order valence-corrected chi connectivity index (χ2v) is 23.5. The number of aliphatic hydroxyl groups excluding tert-OH is 2. The highest BCUT2D eigenvalue weighted by atomic mass is 16.6. The van der Waals surface area contributed by atoms with Crippen LogP contribution in [0.5, 0.6) is 0 Å². The minimum absolute atomic E-state index is 0.00331. The van der Waals surface area contributed by atoms with Gasteiger partial charge in [0, 0.05) is 62.4 Å². The van der Waals surface area contributed by atoms with Crippen molar-refractivity contribution in [2.24, 2.45) is 70.8 Å². The maximum absolute atomic E-state index is 11.8. The fourth-order valence-corrected chi connectivity index (χ4v) is 13.1. The molecule has 3 aromatic carbocycles. The van der Waals surface area contributed by atoms with Crippen molar-refractivity contribution >= 4 is 24.2 Å². The molecule has 10 unspecified atom stereocenters. The number of unbranched alkanes of at least 4 members (excludes halogenated alkanes) is 1. The molecule has 16 heteroatoms. The number of hydrogen-bond donors (Lipinski definition) is 6. The van der Waals surface area contributed by atoms with Gasteiger partial charge in [0.2, 0.25) is 0 Å². The van der Waals surface area contributed by atoms with Gasteiger partial charge in [-0.2, -0.15) is 0 Å². The van der Waals surface area contributed by atoms with Gasteiger partial charge in [-0.25, -0.2) is 14.4 Å². The molecular weight excluding hydrogens is 1020 g/mol. The highest BCUT2D eigenvalue weighted by molar-refractivity contribution is 5.74. The van der Waals surface area contributed by atoms with E-state index in [4.69, 9.17) is 39.3 Å². The van der Waals surface area contributed by atoms with Gasteiger partial charge >= 0.3 is 24.2 Å². The van der Waals surface area contributed by atoms with E-state index in [1.54, 1.807) is 0 Å². The van der Waals surface area contributed by atoms with Crippen molar-refractivity contribution in [3.8, 4) is 0 Å². The number of esters is 1. The fourth-order valence-electron chi connectivity index (χ4n) is 13.1. The Kier molecular flexibility index (Phi) is 23.7. The number of carbonyl (C=O) groups excluding carboxylic acids is 4. The van der Waals surface area contributed by atoms with Crippen LogP contribution in [0.3, 0.4) is 0 Å². The zero-order valence-corrected chi connectivity index (χ0v) is 46.7. The SMILES string of the molecule is CCCCOC(=O)[C@@H]1CC2C=CC1C2.N[C@@H]1CC2COCC1C2.O=C(N[C@@H]1CC(CO)CC1CO)OCc1ccccc1.O=C(N[C@@H]1CC2C=CC1C2)OCc1ccccc1.O=C(N[C@@H]1CC2COCC1C2)OCc1ccccc1. The molecule has 3 aromatic rings. The number of nitrogens with two attached hydrogens (primary N) is 1. The second kappa shape index (κ2) is 31.4. The third kappa shape index (κ3) is 18.6. The maximum atomic E-state index is 11.8. The molecule has 12 rings (SSSR count). The lowest BCUT2D eigenvalue weighted by atomic mass is 9.94. The lowest BCUT2D eigenvalue weighted by Crippen LogP contribution is -2.38. The molecule has 3 amide bonds. The van der Waals surface area contributed by atoms with Crippen molar-refractivity contribution in [2.45, 2.75) is 128 Å². The van der Waals surface area contributed by atoms with Crippen LogP contribution < -0.4 is 21.7 Å². The van der Waals surface area contributed by atoms with Crippen LogP contribution in [-0.4, -0.2) is 105 Å². The second-order valence-electron chi connectivity index (χ2n) is 23.5. The molecule has 0 radical (unpaired) electrons. The Balaban J connectivity index is 0.000000134. The number of aliphatic hydroxyl groups is 2. The molecule has 5 saturated carbocycles. The van der Waals surface area contributed by atoms with Crippen LogP contribution in [-0.2, 0) is 53.0 Å². The van der Waals surface area contributed by atoms with Crippen molar-refractivity contribution in [2.75, 3.05) is 46.2 Å². The molecule has 2 heterocycles. The van der Waals surface area contributed by atoms with Crippen LogP contribution in [0, 0.1) is 65.1 Å². The molecule has 8 bridgehead atoms. The van der Waals surface area contributed by atoms with Gasteiger partial charge in [-0.3, -0.25) is 4.79 Å². The number of rotatable bonds is 15. The van der Waals surface area contributed by atoms with Crippen LogP contribution in [0.25, 0.3) is 0 Å². The van der Waals surface area contributed by atoms with E-state index < -0.39 is 6.09 Å². The molecule has 436 valence electrons. The van der Waals surface area contributed by atoms with Gasteiger partial charge in [0.25, 0.3) is 0 Å². The minimum atomic E-state index is -0.476. The van der Waals surface area contributed by atoms with Crippen molar-refractivity contribution in [1.29, 1.82) is 0 Å². The lowest BCUT2D eigenvalue weighted by Gasteiger charge is -2.21. The minimum Gasteiger partial charge on any atom is -0.465 e. The predicted molar refractivity (Wildman–Crippen MR) is 303 cm³/mol. The van der Waals surface area contributed by atoms with Crippen LogP contribution in [0.15, 0.2) is 115 Å². The summed E-state index contributed by atoms with van der Waals surface area (Å²) in [7, 11) is 0. The van der Waals surface area contributed by atoms with Crippen LogP contribution in [0.4, 0.5) is 14.4 Å². The number of alkyl carbamates (subject to hydrolysis) is 3. The van der Waals surface area contributed by atoms with Crippen molar-refractivity contribution in [3.63, 3.8) is 0 Å². The summed E-state index contributed by atoms with van der Waals surface area (Å²) >= 11 is 0. The highest BCUT2D eigenvalue weighted by Gasteiger charge is 2.42. The number of ether oxygens (including phenoxy) is 6. The molecule has 2 saturated heterocycles. The highest BCUT2D eigenvalue weighted by Crippen LogP contribution is 2.44. The van der Waals surface area contributed by atoms with Crippen molar-refractivity contribution in [3.05, 3.63) is 132 Å². The maximum Gasteiger partial charge on any atom is 0.407 e. The van der Waals surface area contributed by atoms with E-state index in [0.29, 0.717) is 73.7 Å². The Morgan fingerprint density at radius 1 is 0.525 bits per heavy atom. The lowest BCUT2D eigenvalue weighted by molar-refractivity contribution is -0.149. The number of amides is 3. The molecule has 0 spiro atoms. The molecule has 7 N–H and O–H groups in total. The Hall–Kier alpha value is -5.78. The fraction of sp³-hybridized carbons (Fsp3) is 0.594. The van der Waals surface area contributed by atoms with Crippen LogP contribution in [0.2, 0.25) is 0 Å². The van der Waals surface area contributed by atoms with E-state index in [9.17, 15) is 24.3 Å². The first-order chi connectivity index (χ1) is 39.0. The molecule has 7 fully saturated rings. The number of allylic oxidation sites excluding steroid dienone is 3. The predicted octanol–water partition coefficient (Wildman–Crippen LogP) is 9.42. The zero-order valence-electron chi connectivity index (χ0n) is 46.7. The van der Waals surface area contributed by atoms with Gasteiger partial charge < -0.3 is 60.3 Å². The molecule has 16 nitrogen and oxygen atoms in total. The average Bonchev–Trinajstić information content (AvgIpc) is 4.41. The summed E-state index contributed by atoms with van der Waals surface area (Å²) in [5, 5.41) is 27.2. The summed E-state index contributed by atoms with van der Waals surface area (Å²) in [6.07, 6.45) is 20.5. The summed E-state index contributed by atoms with van der Waals surface area (Å²) < 4.78 is 31.7. The van der Waals surface area contributed by atoms with E-state index in [2.05, 4.69) is 47.2 Å². The largest absolute Gasteiger partial charge is 0.465 e. The standard InChI is InChI=1S/C15H21NO4.C15H19NO3.C15H17NO2.C12H18O2.C7H13NO/c17-8-12-6-13(9-18)14(7-12)16-15(19)20-10-11-4-2-1-3-5-11;17-15(19-9-11-4-2-1-3-5-11)16-14-7-12-6-13(14)10-18-8-12;17-15(18-10-11-4-2-1-3-5-11)16-14-9-12-6-7-13(14)8-12;1-2-3-6-14-12(13)11-8-9-4-5-10(11)7-9;8-7-2-5-1-6(7)4-9-3-5/h1-5,12-14,17-18H,6-10H2,(H,16,19);1-5,12-14H,6-10H2,(H,16,17);1-7,12-14H,8-10H2,(H,16,17);4-5,9-11H,2-3,6-8H2,1H3;5-7H,1-4,8H2/t3*12?,13?,14-;9?,10?,11-;5?,6?,7-/m11111/s1. The third-order valence-electron chi connectivity index (χ3n) is 17.4. The Morgan fingerprint density at radius 3 is 1.50 bits per heavy atom. The Bertz CT molecular complexity index is 2410. The van der Waals surface area contributed by atoms with E-state index in [0.717, 1.165) is 87.6 Å². The quantitative estimate of drug-likeness (QED) is 0.0361. The van der Waals surface area contributed by atoms with Crippen molar-refractivity contribution < 1.29 is 57.8 Å². The molecule has 2 aliphatic heterocycles. The monoisotopic (exact) mass is 1100 g/mol. The average molecular weight is 1110 g/mol. The Labute approximate surface area is 473 Å². The summed E-state index contributed by atoms with van der Waals surface area (Å²) in [6, 6.07) is 29.7. The molecular formula is C64H88N4O12. The molecule has 7 aliphatic carbocycles. The molecule has 80 heavy (non-hydrogen) atoms. The third-order valence-corrected chi connectivity index (χ3v) is 17.4. The summed E-state index contributed by atoms with van der Waals surface area (Å²) in [4.78, 5) is 46.9. The first-order valence-electron chi connectivity index (χ1n) is 29.6. The zero-order chi connectivity index (χ0) is 56.1. The number of nitrogens with one attached hydrogen (secondary N) is 3. The van der Waals surface area contributed by atoms with Gasteiger partial charge in [0.1, 0.15) is 19.8 Å². The first-order valence-corrected chi connectivity index (χ1v) is 29.6. The van der Waals surface area contributed by atoms with E-state index in [1.165, 1.54) is 32.1 Å². The van der Waals surface area contributed by atoms with Gasteiger partial charge in [-0.05, 0) is 135 Å². The topological polar surface area (TPSA) is 226 Å². The number of hydrogen-bond acceptors (Lipinski definition) is 13. The van der Waals surface area contributed by atoms with E-state index >= 15 is 0 Å². The molecule has 15 atom stereocenters. The Morgan fingerprint density at radius 2 is 1.04 bits per heavy atom. The van der Waals surface area contributed by atoms with Gasteiger partial charge in [-0.15, -0.1) is 0 Å². The molecule has 0 aromatic heterocycles. The van der Waals surface area contributed by atoms with Gasteiger partial charge in [-0.1, -0.05) is 129 Å². The van der Waals surface area contributed by atoms with Gasteiger partial charge in [0.15, 0.2) is 0 Å². The van der Waals surface area contributed by atoms with Gasteiger partial charge in [0.05, 0.1) is 25.7 Å². The summed E-state index contributed by atoms with van der Waals surface area (Å²) in [5.74, 6) is 5.20. The normalized spacial score (nSPS) is 31.1. The number of benzene rings is 3. The van der Waals surface area contributed by atoms with E-state index in [-0.39, 0.29) is 73.9 Å². The smallest absolute Gasteiger partial charge is 0.407 e. The van der Waals surface area contributed by atoms with Crippen LogP contribution >= 0.6 is 0 Å². The number of fused-ring (bicyclic) bond motifs is 8. The van der Waals surface area contributed by atoms with E-state index in [1.807, 2.05) is 91.0 Å². The summed E-state index contributed by atoms with van der Waals surface area (Å²) in [6.45, 7) is 7.19. The summed E-state index contributed by atoms with van der Waals surface area (Å²) in [5.41, 5.74) is 8.79. The van der Waals surface area contributed by atoms with Crippen LogP contribution in [0.1, 0.15) is 101 Å². The first kappa shape index (κ1) is 60.3. The number of carbonyl (C=O) groups is 4. The van der Waals surface area contributed by atoms with Crippen molar-refractivity contribution in [1.82, 2.24) is 16.0 Å².